The van der Waals surface area contributed by atoms with E-state index in [1.165, 1.54) is 12.3 Å². The van der Waals surface area contributed by atoms with Gasteiger partial charge in [0.2, 0.25) is 0 Å². The Bertz CT molecular complexity index is 688. The van der Waals surface area contributed by atoms with Crippen LogP contribution in [-0.4, -0.2) is 33.0 Å². The molecule has 0 aliphatic heterocycles. The van der Waals surface area contributed by atoms with Crippen LogP contribution >= 0.6 is 11.6 Å². The van der Waals surface area contributed by atoms with Crippen molar-refractivity contribution in [2.75, 3.05) is 6.54 Å². The van der Waals surface area contributed by atoms with Gasteiger partial charge in [-0.15, -0.1) is 0 Å². The summed E-state index contributed by atoms with van der Waals surface area (Å²) in [4.78, 5) is 6.49. The van der Waals surface area contributed by atoms with E-state index >= 15 is 0 Å². The van der Waals surface area contributed by atoms with Gasteiger partial charge in [0.25, 0.3) is 0 Å². The van der Waals surface area contributed by atoms with E-state index in [0.717, 1.165) is 0 Å². The summed E-state index contributed by atoms with van der Waals surface area (Å²) in [6.45, 7) is -0.324. The second kappa shape index (κ2) is 5.94. The number of pyridine rings is 1. The highest BCUT2D eigenvalue weighted by molar-refractivity contribution is 6.35. The fourth-order valence-electron chi connectivity index (χ4n) is 1.86. The first-order valence-corrected chi connectivity index (χ1v) is 6.07. The van der Waals surface area contributed by atoms with Gasteiger partial charge in [-0.05, 0) is 23.7 Å². The van der Waals surface area contributed by atoms with E-state index in [4.69, 9.17) is 17.1 Å². The maximum Gasteiger partial charge on any atom is 0.147 e. The van der Waals surface area contributed by atoms with Crippen LogP contribution in [-0.2, 0) is 0 Å². The number of phenolic OH excluding ortho intramolecular Hbond substituents is 1. The Morgan fingerprint density at radius 2 is 2.20 bits per heavy atom. The van der Waals surface area contributed by atoms with Crippen molar-refractivity contribution in [1.29, 1.82) is 0 Å². The van der Waals surface area contributed by atoms with E-state index in [2.05, 4.69) is 15.0 Å². The summed E-state index contributed by atoms with van der Waals surface area (Å²) in [6.07, 6.45) is -1.32. The average Bonchev–Trinajstić information content (AvgIpc) is 2.47. The first-order chi connectivity index (χ1) is 9.56. The summed E-state index contributed by atoms with van der Waals surface area (Å²) in [5, 5.41) is 33.8. The van der Waals surface area contributed by atoms with Crippen molar-refractivity contribution < 1.29 is 15.3 Å². The predicted molar refractivity (Wildman–Crippen MR) is 73.4 cm³/mol. The number of nitrogens with zero attached hydrogens (tertiary/aromatic N) is 4. The molecule has 2 unspecified atom stereocenters. The lowest BCUT2D eigenvalue weighted by atomic mass is 10.0. The highest BCUT2D eigenvalue weighted by Gasteiger charge is 2.23. The summed E-state index contributed by atoms with van der Waals surface area (Å²) >= 11 is 6.06. The van der Waals surface area contributed by atoms with E-state index in [9.17, 15) is 15.3 Å². The fourth-order valence-corrected chi connectivity index (χ4v) is 2.13. The molecule has 3 N–H and O–H groups in total. The highest BCUT2D eigenvalue weighted by Crippen LogP contribution is 2.37. The smallest absolute Gasteiger partial charge is 0.147 e. The van der Waals surface area contributed by atoms with E-state index in [1.54, 1.807) is 12.1 Å². The minimum atomic E-state index is -1.44. The number of aromatic hydroxyl groups is 1. The lowest BCUT2D eigenvalue weighted by molar-refractivity contribution is 0.0231. The molecule has 1 aromatic carbocycles. The van der Waals surface area contributed by atoms with Gasteiger partial charge in [0.1, 0.15) is 17.4 Å². The van der Waals surface area contributed by atoms with Crippen molar-refractivity contribution >= 4 is 22.5 Å². The van der Waals surface area contributed by atoms with Crippen molar-refractivity contribution in [2.45, 2.75) is 12.2 Å². The molecule has 0 aliphatic rings. The number of aliphatic hydroxyl groups excluding tert-OH is 2. The third kappa shape index (κ3) is 2.61. The summed E-state index contributed by atoms with van der Waals surface area (Å²) in [5.41, 5.74) is 8.45. The van der Waals surface area contributed by atoms with Gasteiger partial charge in [-0.3, -0.25) is 4.98 Å². The number of hydrogen-bond acceptors (Lipinski definition) is 5. The number of aliphatic hydroxyl groups is 2. The molecule has 1 aromatic heterocycles. The monoisotopic (exact) mass is 294 g/mol. The molecule has 0 radical (unpaired) electrons. The highest BCUT2D eigenvalue weighted by atomic mass is 35.5. The molecule has 0 saturated carbocycles. The normalized spacial score (nSPS) is 13.8. The zero-order valence-electron chi connectivity index (χ0n) is 10.2. The van der Waals surface area contributed by atoms with Crippen LogP contribution in [0.1, 0.15) is 11.7 Å². The molecule has 8 heteroatoms. The first kappa shape index (κ1) is 14.4. The molecule has 0 saturated heterocycles. The lowest BCUT2D eigenvalue weighted by Gasteiger charge is -2.18. The van der Waals surface area contributed by atoms with Gasteiger partial charge < -0.3 is 15.3 Å². The molecule has 2 rings (SSSR count). The van der Waals surface area contributed by atoms with E-state index in [1.807, 2.05) is 0 Å². The van der Waals surface area contributed by atoms with E-state index in [-0.39, 0.29) is 28.4 Å². The van der Waals surface area contributed by atoms with Gasteiger partial charge in [-0.1, -0.05) is 16.7 Å². The molecular weight excluding hydrogens is 284 g/mol. The second-order valence-electron chi connectivity index (χ2n) is 4.12. The number of hydrogen-bond donors (Lipinski definition) is 3. The lowest BCUT2D eigenvalue weighted by Crippen LogP contribution is -2.21. The molecule has 20 heavy (non-hydrogen) atoms. The molecule has 0 fully saturated rings. The van der Waals surface area contributed by atoms with Crippen LogP contribution in [0.25, 0.3) is 21.3 Å². The zero-order valence-corrected chi connectivity index (χ0v) is 10.9. The Morgan fingerprint density at radius 3 is 2.90 bits per heavy atom. The van der Waals surface area contributed by atoms with Crippen LogP contribution in [0.5, 0.6) is 5.75 Å². The number of aromatic nitrogens is 1. The Kier molecular flexibility index (Phi) is 4.26. The standard InChI is InChI=1S/C12H11ClN4O3/c13-8-4-7(11(19)9(18)5-16-17-14)12(20)10-6(8)2-1-3-15-10/h1-4,9,11,18-20H,5H2. The van der Waals surface area contributed by atoms with Crippen LogP contribution in [0.3, 0.4) is 0 Å². The van der Waals surface area contributed by atoms with Gasteiger partial charge in [0.15, 0.2) is 0 Å². The van der Waals surface area contributed by atoms with Gasteiger partial charge in [0.05, 0.1) is 17.7 Å². The topological polar surface area (TPSA) is 122 Å². The summed E-state index contributed by atoms with van der Waals surface area (Å²) < 4.78 is 0. The Morgan fingerprint density at radius 1 is 1.45 bits per heavy atom. The predicted octanol–water partition coefficient (Wildman–Crippen LogP) is 2.30. The summed E-state index contributed by atoms with van der Waals surface area (Å²) in [6, 6.07) is 4.70. The molecule has 0 amide bonds. The minimum absolute atomic E-state index is 0.0295. The number of azide groups is 1. The average molecular weight is 295 g/mol. The van der Waals surface area contributed by atoms with Crippen LogP contribution in [0, 0.1) is 0 Å². The Balaban J connectivity index is 2.49. The second-order valence-corrected chi connectivity index (χ2v) is 4.53. The number of fused-ring (bicyclic) bond motifs is 1. The number of rotatable bonds is 4. The van der Waals surface area contributed by atoms with Crippen molar-refractivity contribution in [1.82, 2.24) is 4.98 Å². The maximum absolute atomic E-state index is 10.1. The quantitative estimate of drug-likeness (QED) is 0.455. The molecule has 2 aromatic rings. The Hall–Kier alpha value is -2.05. The molecule has 0 bridgehead atoms. The maximum atomic E-state index is 10.1. The number of phenols is 1. The summed E-state index contributed by atoms with van der Waals surface area (Å²) in [5.74, 6) is -0.266. The summed E-state index contributed by atoms with van der Waals surface area (Å²) in [7, 11) is 0. The molecule has 104 valence electrons. The van der Waals surface area contributed by atoms with E-state index < -0.39 is 12.2 Å². The van der Waals surface area contributed by atoms with Gasteiger partial charge in [-0.2, -0.15) is 0 Å². The van der Waals surface area contributed by atoms with Gasteiger partial charge >= 0.3 is 0 Å². The minimum Gasteiger partial charge on any atom is -0.505 e. The van der Waals surface area contributed by atoms with Gasteiger partial charge in [-0.25, -0.2) is 0 Å². The van der Waals surface area contributed by atoms with Crippen LogP contribution in [0.2, 0.25) is 5.02 Å². The van der Waals surface area contributed by atoms with Crippen molar-refractivity contribution in [3.63, 3.8) is 0 Å². The number of halogens is 1. The van der Waals surface area contributed by atoms with Crippen LogP contribution < -0.4 is 0 Å². The molecule has 0 spiro atoms. The van der Waals surface area contributed by atoms with Crippen LogP contribution in [0.4, 0.5) is 0 Å². The molecule has 1 heterocycles. The van der Waals surface area contributed by atoms with E-state index in [0.29, 0.717) is 5.39 Å². The third-order valence-corrected chi connectivity index (χ3v) is 3.17. The van der Waals surface area contributed by atoms with Crippen molar-refractivity contribution in [2.24, 2.45) is 5.11 Å². The molecule has 0 aliphatic carbocycles. The SMILES string of the molecule is [N-]=[N+]=NCC(O)C(O)c1cc(Cl)c2cccnc2c1O. The third-order valence-electron chi connectivity index (χ3n) is 2.86. The molecule has 7 nitrogen and oxygen atoms in total. The zero-order chi connectivity index (χ0) is 14.7. The van der Waals surface area contributed by atoms with Gasteiger partial charge in [0, 0.05) is 22.1 Å². The van der Waals surface area contributed by atoms with Crippen molar-refractivity contribution in [3.8, 4) is 5.75 Å². The molecular formula is C12H11ClN4O3. The first-order valence-electron chi connectivity index (χ1n) is 5.69. The van der Waals surface area contributed by atoms with Crippen molar-refractivity contribution in [3.05, 3.63) is 45.4 Å². The molecule has 2 atom stereocenters. The number of benzene rings is 1. The largest absolute Gasteiger partial charge is 0.505 e. The van der Waals surface area contributed by atoms with Crippen LogP contribution in [0.15, 0.2) is 29.5 Å². The fraction of sp³-hybridized carbons (Fsp3) is 0.250. The Labute approximate surface area is 118 Å².